The summed E-state index contributed by atoms with van der Waals surface area (Å²) in [7, 11) is 0. The molecule has 215 valence electrons. The standard InChI is InChI=1S/C30H34NO.C5H8O2.Ir/c1-18-10-21(14-23(11-18)29(4,5)6)25-16-26-22(17-31-25)15-27(32-26)28-19(2)12-24(13-20(28)3)30(7,8)9;1-4(6)3-5(2)7;/h11-17H,1-9H3;3,6H,1-2H3;/q-1;;/b;4-3-;. The second-order valence-electron chi connectivity index (χ2n) is 12.6. The Balaban J connectivity index is 0.000000623. The van der Waals surface area contributed by atoms with Crippen molar-refractivity contribution in [3.05, 3.63) is 88.3 Å². The molecule has 4 nitrogen and oxygen atoms in total. The van der Waals surface area contributed by atoms with Crippen molar-refractivity contribution in [1.29, 1.82) is 0 Å². The normalized spacial score (nSPS) is 12.0. The van der Waals surface area contributed by atoms with Crippen molar-refractivity contribution in [3.8, 4) is 22.6 Å². The predicted molar refractivity (Wildman–Crippen MR) is 162 cm³/mol. The number of furan rings is 1. The Hall–Kier alpha value is -3.01. The number of carbonyl (C=O) groups excluding carboxylic acids is 1. The first-order valence-electron chi connectivity index (χ1n) is 13.4. The topological polar surface area (TPSA) is 63.3 Å². The first-order chi connectivity index (χ1) is 18.0. The van der Waals surface area contributed by atoms with Crippen LogP contribution in [0.5, 0.6) is 0 Å². The average molecular weight is 717 g/mol. The third kappa shape index (κ3) is 8.25. The number of pyridine rings is 1. The molecule has 4 aromatic rings. The molecule has 0 aliphatic carbocycles. The zero-order valence-electron chi connectivity index (χ0n) is 25.7. The quantitative estimate of drug-likeness (QED) is 0.130. The third-order valence-corrected chi connectivity index (χ3v) is 6.60. The van der Waals surface area contributed by atoms with Gasteiger partial charge in [-0.2, -0.15) is 0 Å². The van der Waals surface area contributed by atoms with Gasteiger partial charge in [0.15, 0.2) is 5.78 Å². The zero-order valence-corrected chi connectivity index (χ0v) is 28.1. The molecule has 40 heavy (non-hydrogen) atoms. The van der Waals surface area contributed by atoms with Gasteiger partial charge in [0.1, 0.15) is 11.3 Å². The maximum atomic E-state index is 10.0. The summed E-state index contributed by atoms with van der Waals surface area (Å²) < 4.78 is 6.38. The molecule has 0 bridgehead atoms. The molecule has 2 heterocycles. The summed E-state index contributed by atoms with van der Waals surface area (Å²) in [6.45, 7) is 22.7. The average Bonchev–Trinajstić information content (AvgIpc) is 3.19. The van der Waals surface area contributed by atoms with E-state index in [1.165, 1.54) is 47.7 Å². The van der Waals surface area contributed by atoms with Gasteiger partial charge in [0, 0.05) is 43.3 Å². The van der Waals surface area contributed by atoms with Gasteiger partial charge in [0.25, 0.3) is 0 Å². The molecule has 0 unspecified atom stereocenters. The van der Waals surface area contributed by atoms with E-state index in [0.717, 1.165) is 33.6 Å². The molecule has 0 fully saturated rings. The summed E-state index contributed by atoms with van der Waals surface area (Å²) in [5.41, 5.74) is 10.4. The van der Waals surface area contributed by atoms with Crippen molar-refractivity contribution in [2.75, 3.05) is 0 Å². The molecule has 4 rings (SSSR count). The van der Waals surface area contributed by atoms with E-state index in [0.29, 0.717) is 0 Å². The van der Waals surface area contributed by atoms with Crippen molar-refractivity contribution in [2.45, 2.75) is 87.0 Å². The molecular formula is C35H42IrNO3-. The Morgan fingerprint density at radius 1 is 0.875 bits per heavy atom. The van der Waals surface area contributed by atoms with Crippen LogP contribution in [-0.4, -0.2) is 15.9 Å². The van der Waals surface area contributed by atoms with Gasteiger partial charge in [-0.05, 0) is 73.0 Å². The number of carbonyl (C=O) groups is 1. The fourth-order valence-electron chi connectivity index (χ4n) is 4.57. The molecule has 2 aromatic heterocycles. The minimum absolute atomic E-state index is 0. The Morgan fingerprint density at radius 2 is 1.43 bits per heavy atom. The molecule has 2 aromatic carbocycles. The number of hydrogen-bond donors (Lipinski definition) is 1. The van der Waals surface area contributed by atoms with Crippen LogP contribution >= 0.6 is 0 Å². The van der Waals surface area contributed by atoms with Crippen LogP contribution in [0.3, 0.4) is 0 Å². The van der Waals surface area contributed by atoms with E-state index in [9.17, 15) is 4.79 Å². The number of benzene rings is 2. The monoisotopic (exact) mass is 717 g/mol. The molecule has 1 radical (unpaired) electrons. The van der Waals surface area contributed by atoms with E-state index in [-0.39, 0.29) is 42.5 Å². The van der Waals surface area contributed by atoms with E-state index >= 15 is 0 Å². The van der Waals surface area contributed by atoms with Crippen LogP contribution in [-0.2, 0) is 35.7 Å². The number of nitrogens with zero attached hydrogens (tertiary/aromatic N) is 1. The van der Waals surface area contributed by atoms with E-state index in [1.807, 2.05) is 12.3 Å². The molecule has 0 saturated carbocycles. The number of allylic oxidation sites excluding steroid dienone is 2. The van der Waals surface area contributed by atoms with Gasteiger partial charge in [-0.25, -0.2) is 0 Å². The maximum Gasteiger partial charge on any atom is 0.155 e. The van der Waals surface area contributed by atoms with Crippen LogP contribution in [0.15, 0.2) is 58.8 Å². The van der Waals surface area contributed by atoms with Crippen LogP contribution in [0.1, 0.15) is 83.2 Å². The fourth-order valence-corrected chi connectivity index (χ4v) is 4.57. The van der Waals surface area contributed by atoms with Gasteiger partial charge in [0.2, 0.25) is 0 Å². The van der Waals surface area contributed by atoms with Crippen LogP contribution in [0.25, 0.3) is 33.6 Å². The minimum atomic E-state index is -0.125. The summed E-state index contributed by atoms with van der Waals surface area (Å²) in [5, 5.41) is 9.38. The van der Waals surface area contributed by atoms with Gasteiger partial charge >= 0.3 is 0 Å². The molecule has 0 spiro atoms. The number of ketones is 1. The van der Waals surface area contributed by atoms with Gasteiger partial charge in [0.05, 0.1) is 5.76 Å². The molecular weight excluding hydrogens is 675 g/mol. The molecule has 5 heteroatoms. The molecule has 0 saturated heterocycles. The predicted octanol–water partition coefficient (Wildman–Crippen LogP) is 9.52. The van der Waals surface area contributed by atoms with Crippen LogP contribution in [0.2, 0.25) is 0 Å². The van der Waals surface area contributed by atoms with Gasteiger partial charge < -0.3 is 14.5 Å². The van der Waals surface area contributed by atoms with Crippen molar-refractivity contribution < 1.29 is 34.4 Å². The van der Waals surface area contributed by atoms with E-state index in [4.69, 9.17) is 14.5 Å². The second-order valence-corrected chi connectivity index (χ2v) is 12.6. The van der Waals surface area contributed by atoms with Gasteiger partial charge in [-0.3, -0.25) is 4.79 Å². The first-order valence-corrected chi connectivity index (χ1v) is 13.4. The second kappa shape index (κ2) is 12.7. The Labute approximate surface area is 253 Å². The maximum absolute atomic E-state index is 10.0. The van der Waals surface area contributed by atoms with Crippen molar-refractivity contribution >= 4 is 16.8 Å². The van der Waals surface area contributed by atoms with E-state index < -0.39 is 0 Å². The summed E-state index contributed by atoms with van der Waals surface area (Å²) in [6, 6.07) is 16.6. The SMILES string of the molecule is CC(=O)/C=C(/C)O.Cc1[c-]c(-c2cc3oc(-c4c(C)cc(C(C)(C)C)cc4C)cc3cn2)cc(C(C)(C)C)c1.[Ir]. The Bertz CT molecular complexity index is 1520. The number of aromatic nitrogens is 1. The fraction of sp³-hybridized carbons (Fsp3) is 0.371. The van der Waals surface area contributed by atoms with Crippen LogP contribution in [0.4, 0.5) is 0 Å². The van der Waals surface area contributed by atoms with Crippen molar-refractivity contribution in [1.82, 2.24) is 4.98 Å². The Kier molecular flexibility index (Phi) is 10.5. The first kappa shape index (κ1) is 33.2. The number of hydrogen-bond acceptors (Lipinski definition) is 4. The van der Waals surface area contributed by atoms with Crippen LogP contribution in [0, 0.1) is 26.8 Å². The number of rotatable bonds is 3. The zero-order chi connectivity index (χ0) is 29.3. The van der Waals surface area contributed by atoms with Gasteiger partial charge in [-0.1, -0.05) is 60.6 Å². The summed E-state index contributed by atoms with van der Waals surface area (Å²) >= 11 is 0. The van der Waals surface area contributed by atoms with E-state index in [2.05, 4.69) is 98.7 Å². The summed E-state index contributed by atoms with van der Waals surface area (Å²) in [4.78, 5) is 14.8. The molecule has 0 atom stereocenters. The number of aliphatic hydroxyl groups excluding tert-OH is 1. The van der Waals surface area contributed by atoms with E-state index in [1.54, 1.807) is 0 Å². The Morgan fingerprint density at radius 3 is 1.90 bits per heavy atom. The number of aliphatic hydroxyl groups is 1. The third-order valence-electron chi connectivity index (χ3n) is 6.60. The number of aryl methyl sites for hydroxylation is 3. The van der Waals surface area contributed by atoms with Crippen LogP contribution < -0.4 is 0 Å². The van der Waals surface area contributed by atoms with Gasteiger partial charge in [-0.15, -0.1) is 34.9 Å². The molecule has 1 N–H and O–H groups in total. The largest absolute Gasteiger partial charge is 0.512 e. The number of fused-ring (bicyclic) bond motifs is 1. The summed E-state index contributed by atoms with van der Waals surface area (Å²) in [6.07, 6.45) is 3.08. The minimum Gasteiger partial charge on any atom is -0.512 e. The van der Waals surface area contributed by atoms with Crippen molar-refractivity contribution in [3.63, 3.8) is 0 Å². The van der Waals surface area contributed by atoms with Crippen molar-refractivity contribution in [2.24, 2.45) is 0 Å². The molecule has 0 aliphatic rings. The smallest absolute Gasteiger partial charge is 0.155 e. The summed E-state index contributed by atoms with van der Waals surface area (Å²) in [5.74, 6) is 0.838. The molecule has 0 amide bonds. The molecule has 0 aliphatic heterocycles.